The minimum atomic E-state index is 0.525. The molecular weight excluding hydrogens is 146 g/mol. The number of nitrogens with zero attached hydrogens (tertiary/aromatic N) is 1. The van der Waals surface area contributed by atoms with Gasteiger partial charge in [0.05, 0.1) is 5.38 Å². The van der Waals surface area contributed by atoms with E-state index in [1.54, 1.807) is 11.3 Å². The third kappa shape index (κ3) is 0.743. The highest BCUT2D eigenvalue weighted by molar-refractivity contribution is 7.07. The quantitative estimate of drug-likeness (QED) is 0.541. The third-order valence-electron chi connectivity index (χ3n) is 1.59. The molecule has 0 radical (unpaired) electrons. The molecule has 0 saturated carbocycles. The first-order valence-corrected chi connectivity index (χ1v) is 4.13. The number of thiazole rings is 1. The zero-order valence-electron chi connectivity index (χ0n) is 5.45. The van der Waals surface area contributed by atoms with Crippen LogP contribution < -0.4 is 8.91 Å². The molecule has 2 nitrogen and oxygen atoms in total. The molecule has 2 rings (SSSR count). The fraction of sp³-hybridized carbons (Fsp3) is 0.286. The van der Waals surface area contributed by atoms with Gasteiger partial charge in [-0.1, -0.05) is 11.3 Å². The Morgan fingerprint density at radius 1 is 1.60 bits per heavy atom. The number of aliphatic hydroxyl groups is 1. The highest BCUT2D eigenvalue weighted by atomic mass is 32.1. The summed E-state index contributed by atoms with van der Waals surface area (Å²) in [5.41, 5.74) is 0. The highest BCUT2D eigenvalue weighted by Gasteiger charge is 2.09. The van der Waals surface area contributed by atoms with Crippen molar-refractivity contribution in [2.75, 3.05) is 0 Å². The van der Waals surface area contributed by atoms with Crippen LogP contribution in [0.3, 0.4) is 0 Å². The number of hydrogen-bond donors (Lipinski definition) is 1. The van der Waals surface area contributed by atoms with Crippen LogP contribution in [0.25, 0.3) is 5.76 Å². The van der Waals surface area contributed by atoms with E-state index in [2.05, 4.69) is 6.21 Å². The summed E-state index contributed by atoms with van der Waals surface area (Å²) in [4.78, 5) is 0. The lowest BCUT2D eigenvalue weighted by Crippen LogP contribution is -2.35. The van der Waals surface area contributed by atoms with E-state index in [9.17, 15) is 5.11 Å². The molecule has 0 aromatic carbocycles. The fourth-order valence-electron chi connectivity index (χ4n) is 1.10. The SMILES string of the molecule is OC1=c2scc[n+]2=CCC1. The Morgan fingerprint density at radius 3 is 3.30 bits per heavy atom. The summed E-state index contributed by atoms with van der Waals surface area (Å²) in [6.45, 7) is 0. The Morgan fingerprint density at radius 2 is 2.50 bits per heavy atom. The van der Waals surface area contributed by atoms with Crippen LogP contribution in [0.5, 0.6) is 0 Å². The van der Waals surface area contributed by atoms with Gasteiger partial charge in [-0.25, -0.2) is 0 Å². The number of fused-ring (bicyclic) bond motifs is 1. The predicted molar refractivity (Wildman–Crippen MR) is 39.1 cm³/mol. The Kier molecular flexibility index (Phi) is 1.24. The van der Waals surface area contributed by atoms with E-state index in [-0.39, 0.29) is 0 Å². The van der Waals surface area contributed by atoms with Crippen molar-refractivity contribution in [1.29, 1.82) is 0 Å². The van der Waals surface area contributed by atoms with E-state index in [1.165, 1.54) is 0 Å². The van der Waals surface area contributed by atoms with Crippen LogP contribution in [0.1, 0.15) is 12.8 Å². The molecule has 0 atom stereocenters. The van der Waals surface area contributed by atoms with Crippen molar-refractivity contribution in [3.8, 4) is 0 Å². The summed E-state index contributed by atoms with van der Waals surface area (Å²) < 4.78 is 2.95. The zero-order chi connectivity index (χ0) is 6.97. The second-order valence-electron chi connectivity index (χ2n) is 2.28. The van der Waals surface area contributed by atoms with Gasteiger partial charge in [-0.15, -0.1) is 0 Å². The van der Waals surface area contributed by atoms with Gasteiger partial charge in [0.25, 0.3) is 0 Å². The van der Waals surface area contributed by atoms with Crippen molar-refractivity contribution in [3.05, 3.63) is 22.5 Å². The van der Waals surface area contributed by atoms with Gasteiger partial charge in [0.1, 0.15) is 0 Å². The zero-order valence-corrected chi connectivity index (χ0v) is 6.27. The van der Waals surface area contributed by atoms with Gasteiger partial charge >= 0.3 is 4.66 Å². The van der Waals surface area contributed by atoms with Crippen molar-refractivity contribution in [2.45, 2.75) is 12.8 Å². The molecule has 1 N–H and O–H groups in total. The van der Waals surface area contributed by atoms with Gasteiger partial charge in [-0.3, -0.25) is 0 Å². The topological polar surface area (TPSA) is 26.1 Å². The summed E-state index contributed by atoms with van der Waals surface area (Å²) in [5.74, 6) is 0.525. The molecule has 0 bridgehead atoms. The standard InChI is InChI=1S/C7H7NOS/c9-6-2-1-3-8-4-5-10-7(6)8/h3-5H,1-2H2/p+1. The number of aromatic nitrogens is 1. The first-order chi connectivity index (χ1) is 4.88. The molecule has 0 aliphatic carbocycles. The van der Waals surface area contributed by atoms with Crippen LogP contribution in [-0.4, -0.2) is 5.11 Å². The Bertz CT molecular complexity index is 352. The van der Waals surface area contributed by atoms with Crippen LogP contribution in [-0.2, 0) is 0 Å². The second-order valence-corrected chi connectivity index (χ2v) is 3.18. The summed E-state index contributed by atoms with van der Waals surface area (Å²) in [6.07, 6.45) is 5.79. The molecule has 52 valence electrons. The summed E-state index contributed by atoms with van der Waals surface area (Å²) >= 11 is 1.58. The molecule has 0 spiro atoms. The Balaban J connectivity index is 2.91. The average molecular weight is 154 g/mol. The predicted octanol–water partition coefficient (Wildman–Crippen LogP) is 0.505. The number of hydrogen-bond acceptors (Lipinski definition) is 2. The largest absolute Gasteiger partial charge is 0.505 e. The van der Waals surface area contributed by atoms with E-state index in [0.29, 0.717) is 5.76 Å². The maximum Gasteiger partial charge on any atom is 0.304 e. The molecule has 0 unspecified atom stereocenters. The van der Waals surface area contributed by atoms with Crippen LogP contribution >= 0.6 is 11.3 Å². The molecule has 10 heavy (non-hydrogen) atoms. The van der Waals surface area contributed by atoms with Gasteiger partial charge in [0.15, 0.2) is 18.2 Å². The Labute approximate surface area is 62.4 Å². The van der Waals surface area contributed by atoms with Crippen molar-refractivity contribution in [3.63, 3.8) is 0 Å². The molecule has 2 heterocycles. The number of aliphatic hydroxyl groups excluding tert-OH is 1. The molecule has 0 saturated heterocycles. The average Bonchev–Trinajstić information content (AvgIpc) is 2.36. The first kappa shape index (κ1) is 5.92. The molecular formula is C7H8NOS+. The molecule has 1 aromatic rings. The van der Waals surface area contributed by atoms with Crippen LogP contribution in [0.15, 0.2) is 11.6 Å². The maximum atomic E-state index is 9.34. The van der Waals surface area contributed by atoms with E-state index in [0.717, 1.165) is 17.5 Å². The third-order valence-corrected chi connectivity index (χ3v) is 2.52. The van der Waals surface area contributed by atoms with Gasteiger partial charge in [0, 0.05) is 12.8 Å². The minimum absolute atomic E-state index is 0.525. The molecule has 1 aromatic heterocycles. The van der Waals surface area contributed by atoms with Crippen molar-refractivity contribution in [2.24, 2.45) is 0 Å². The molecule has 3 heteroatoms. The Hall–Kier alpha value is -0.830. The van der Waals surface area contributed by atoms with E-state index in [4.69, 9.17) is 0 Å². The van der Waals surface area contributed by atoms with Crippen molar-refractivity contribution in [1.82, 2.24) is 0 Å². The van der Waals surface area contributed by atoms with Gasteiger partial charge in [0.2, 0.25) is 0 Å². The fourth-order valence-corrected chi connectivity index (χ4v) is 1.91. The summed E-state index contributed by atoms with van der Waals surface area (Å²) in [6, 6.07) is 0. The maximum absolute atomic E-state index is 9.34. The summed E-state index contributed by atoms with van der Waals surface area (Å²) in [7, 11) is 0. The molecule has 1 aliphatic rings. The highest BCUT2D eigenvalue weighted by Crippen LogP contribution is 2.02. The van der Waals surface area contributed by atoms with E-state index >= 15 is 0 Å². The normalized spacial score (nSPS) is 16.2. The molecule has 1 aliphatic heterocycles. The smallest absolute Gasteiger partial charge is 0.304 e. The lowest BCUT2D eigenvalue weighted by atomic mass is 10.3. The monoisotopic (exact) mass is 154 g/mol. The van der Waals surface area contributed by atoms with E-state index < -0.39 is 0 Å². The van der Waals surface area contributed by atoms with Crippen LogP contribution in [0.2, 0.25) is 0 Å². The molecule has 0 fully saturated rings. The minimum Gasteiger partial charge on any atom is -0.505 e. The lowest BCUT2D eigenvalue weighted by molar-refractivity contribution is -0.522. The van der Waals surface area contributed by atoms with E-state index in [1.807, 2.05) is 15.8 Å². The van der Waals surface area contributed by atoms with Crippen LogP contribution in [0.4, 0.5) is 0 Å². The van der Waals surface area contributed by atoms with Gasteiger partial charge < -0.3 is 5.11 Å². The lowest BCUT2D eigenvalue weighted by Gasteiger charge is -1.92. The first-order valence-electron chi connectivity index (χ1n) is 3.25. The second kappa shape index (κ2) is 2.09. The van der Waals surface area contributed by atoms with Gasteiger partial charge in [-0.2, -0.15) is 4.24 Å². The molecule has 0 amide bonds. The van der Waals surface area contributed by atoms with Crippen molar-refractivity contribution < 1.29 is 9.35 Å². The van der Waals surface area contributed by atoms with Crippen molar-refractivity contribution >= 4 is 17.1 Å². The number of rotatable bonds is 0. The van der Waals surface area contributed by atoms with Gasteiger partial charge in [-0.05, 0) is 0 Å². The summed E-state index contributed by atoms with van der Waals surface area (Å²) in [5, 5.41) is 11.3. The van der Waals surface area contributed by atoms with Crippen LogP contribution in [0, 0.1) is 6.21 Å².